The highest BCUT2D eigenvalue weighted by Gasteiger charge is 2.41. The van der Waals surface area contributed by atoms with E-state index in [2.05, 4.69) is 10.4 Å². The van der Waals surface area contributed by atoms with Gasteiger partial charge in [-0.3, -0.25) is 19.8 Å². The number of hydrogen-bond acceptors (Lipinski definition) is 5. The van der Waals surface area contributed by atoms with E-state index >= 15 is 0 Å². The van der Waals surface area contributed by atoms with Gasteiger partial charge in [-0.05, 0) is 66.8 Å². The number of rotatable bonds is 4. The lowest BCUT2D eigenvalue weighted by Crippen LogP contribution is -2.54. The maximum Gasteiger partial charge on any atom is 0.435 e. The molecule has 0 saturated carbocycles. The van der Waals surface area contributed by atoms with Crippen LogP contribution in [0.3, 0.4) is 0 Å². The van der Waals surface area contributed by atoms with Crippen LogP contribution in [-0.4, -0.2) is 26.7 Å². The van der Waals surface area contributed by atoms with Crippen LogP contribution in [0.1, 0.15) is 11.3 Å². The first kappa shape index (κ1) is 24.7. The van der Waals surface area contributed by atoms with Crippen LogP contribution >= 0.6 is 35.4 Å². The number of anilines is 1. The third-order valence-corrected chi connectivity index (χ3v) is 5.59. The molecule has 1 saturated heterocycles. The zero-order valence-corrected chi connectivity index (χ0v) is 19.9. The van der Waals surface area contributed by atoms with E-state index in [-0.39, 0.29) is 22.4 Å². The van der Waals surface area contributed by atoms with Gasteiger partial charge in [0.15, 0.2) is 10.8 Å². The maximum absolute atomic E-state index is 13.8. The van der Waals surface area contributed by atoms with E-state index in [4.69, 9.17) is 40.2 Å². The van der Waals surface area contributed by atoms with Gasteiger partial charge in [0.25, 0.3) is 11.8 Å². The number of aromatic nitrogens is 2. The van der Waals surface area contributed by atoms with Crippen molar-refractivity contribution >= 4 is 64.1 Å². The normalized spacial score (nSPS) is 15.5. The highest BCUT2D eigenvalue weighted by atomic mass is 35.5. The van der Waals surface area contributed by atoms with Gasteiger partial charge in [0.05, 0.1) is 11.3 Å². The van der Waals surface area contributed by atoms with E-state index in [0.29, 0.717) is 10.0 Å². The number of hydrogen-bond donors (Lipinski definition) is 1. The Morgan fingerprint density at radius 3 is 2.17 bits per heavy atom. The number of carbonyl (C=O) groups is 2. The Morgan fingerprint density at radius 2 is 1.60 bits per heavy atom. The van der Waals surface area contributed by atoms with Gasteiger partial charge in [0.1, 0.15) is 11.3 Å². The number of alkyl halides is 3. The number of nitrogens with one attached hydrogen (secondary N) is 1. The molecule has 1 N–H and O–H groups in total. The first-order valence-electron chi connectivity index (χ1n) is 9.70. The Morgan fingerprint density at radius 1 is 1.03 bits per heavy atom. The number of thiocarbonyl (C=S) groups is 1. The van der Waals surface area contributed by atoms with Gasteiger partial charge in [0, 0.05) is 17.1 Å². The van der Waals surface area contributed by atoms with Gasteiger partial charge in [-0.2, -0.15) is 18.3 Å². The summed E-state index contributed by atoms with van der Waals surface area (Å²) in [5, 5.41) is 6.37. The van der Waals surface area contributed by atoms with Gasteiger partial charge >= 0.3 is 6.18 Å². The highest BCUT2D eigenvalue weighted by molar-refractivity contribution is 7.80. The van der Waals surface area contributed by atoms with E-state index in [9.17, 15) is 22.8 Å². The smallest absolute Gasteiger partial charge is 0.435 e. The molecule has 1 aromatic heterocycles. The minimum atomic E-state index is -4.91. The topological polar surface area (TPSA) is 76.5 Å². The number of carbonyl (C=O) groups excluding carboxylic acids is 2. The molecule has 2 amide bonds. The van der Waals surface area contributed by atoms with Crippen molar-refractivity contribution in [2.24, 2.45) is 7.05 Å². The average molecular weight is 541 g/mol. The predicted molar refractivity (Wildman–Crippen MR) is 127 cm³/mol. The molecule has 13 heteroatoms. The third-order valence-electron chi connectivity index (χ3n) is 4.80. The molecule has 0 unspecified atom stereocenters. The summed E-state index contributed by atoms with van der Waals surface area (Å²) in [6, 6.07) is 11.8. The van der Waals surface area contributed by atoms with Crippen molar-refractivity contribution < 1.29 is 27.5 Å². The summed E-state index contributed by atoms with van der Waals surface area (Å²) in [7, 11) is 1.24. The lowest BCUT2D eigenvalue weighted by Gasteiger charge is -2.29. The average Bonchev–Trinajstić information content (AvgIpc) is 3.09. The van der Waals surface area contributed by atoms with Crippen LogP contribution in [0, 0.1) is 0 Å². The Hall–Kier alpha value is -3.41. The second kappa shape index (κ2) is 9.33. The molecule has 2 heterocycles. The molecular formula is C22H13Cl2F3N4O3S. The second-order valence-electron chi connectivity index (χ2n) is 7.18. The Labute approximate surface area is 211 Å². The monoisotopic (exact) mass is 540 g/mol. The quantitative estimate of drug-likeness (QED) is 0.273. The van der Waals surface area contributed by atoms with Crippen LogP contribution in [0.5, 0.6) is 11.6 Å². The van der Waals surface area contributed by atoms with Crippen LogP contribution < -0.4 is 15.0 Å². The van der Waals surface area contributed by atoms with E-state index in [1.807, 2.05) is 0 Å². The molecular weight excluding hydrogens is 528 g/mol. The summed E-state index contributed by atoms with van der Waals surface area (Å²) in [5.41, 5.74) is -2.30. The lowest BCUT2D eigenvalue weighted by molar-refractivity contribution is -0.141. The van der Waals surface area contributed by atoms with Crippen LogP contribution in [0.4, 0.5) is 18.9 Å². The Kier molecular flexibility index (Phi) is 6.58. The summed E-state index contributed by atoms with van der Waals surface area (Å²) in [4.78, 5) is 26.8. The number of benzene rings is 2. The van der Waals surface area contributed by atoms with Crippen molar-refractivity contribution in [3.63, 3.8) is 0 Å². The second-order valence-corrected chi connectivity index (χ2v) is 8.44. The van der Waals surface area contributed by atoms with Crippen molar-refractivity contribution in [1.29, 1.82) is 0 Å². The van der Waals surface area contributed by atoms with Crippen molar-refractivity contribution in [1.82, 2.24) is 15.1 Å². The van der Waals surface area contributed by atoms with Crippen LogP contribution in [0.2, 0.25) is 10.0 Å². The fraction of sp³-hybridized carbons (Fsp3) is 0.0909. The number of nitrogens with zero attached hydrogens (tertiary/aromatic N) is 3. The molecule has 35 heavy (non-hydrogen) atoms. The molecule has 180 valence electrons. The molecule has 4 rings (SSSR count). The first-order valence-corrected chi connectivity index (χ1v) is 10.9. The summed E-state index contributed by atoms with van der Waals surface area (Å²) < 4.78 is 47.9. The molecule has 2 aromatic carbocycles. The van der Waals surface area contributed by atoms with Gasteiger partial charge in [-0.15, -0.1) is 0 Å². The summed E-state index contributed by atoms with van der Waals surface area (Å²) in [5.74, 6) is -2.09. The van der Waals surface area contributed by atoms with Crippen molar-refractivity contribution in [2.45, 2.75) is 6.18 Å². The van der Waals surface area contributed by atoms with E-state index in [1.165, 1.54) is 55.6 Å². The molecule has 0 atom stereocenters. The molecule has 1 aliphatic rings. The molecule has 7 nitrogen and oxygen atoms in total. The van der Waals surface area contributed by atoms with Gasteiger partial charge in [-0.25, -0.2) is 4.68 Å². The summed E-state index contributed by atoms with van der Waals surface area (Å²) in [6.07, 6.45) is -4.13. The SMILES string of the molecule is Cn1nc(C(F)(F)F)c(/C=C2\C(=O)NC(=S)N(c3ccc(Cl)cc3)C2=O)c1Oc1ccc(Cl)cc1. The minimum Gasteiger partial charge on any atom is -0.439 e. The Bertz CT molecular complexity index is 1370. The van der Waals surface area contributed by atoms with Crippen molar-refractivity contribution in [2.75, 3.05) is 4.90 Å². The molecule has 3 aromatic rings. The number of ether oxygens (including phenoxy) is 1. The largest absolute Gasteiger partial charge is 0.439 e. The number of amides is 2. The van der Waals surface area contributed by atoms with Gasteiger partial charge < -0.3 is 4.74 Å². The molecule has 1 fully saturated rings. The van der Waals surface area contributed by atoms with Gasteiger partial charge in [-0.1, -0.05) is 23.2 Å². The highest BCUT2D eigenvalue weighted by Crippen LogP contribution is 2.39. The van der Waals surface area contributed by atoms with Crippen molar-refractivity contribution in [3.05, 3.63) is 75.4 Å². The van der Waals surface area contributed by atoms with Crippen molar-refractivity contribution in [3.8, 4) is 11.6 Å². The number of halogens is 5. The van der Waals surface area contributed by atoms with E-state index in [1.54, 1.807) is 0 Å². The zero-order valence-electron chi connectivity index (χ0n) is 17.6. The van der Waals surface area contributed by atoms with E-state index in [0.717, 1.165) is 15.7 Å². The third kappa shape index (κ3) is 5.02. The predicted octanol–water partition coefficient (Wildman–Crippen LogP) is 5.37. The molecule has 0 spiro atoms. The maximum atomic E-state index is 13.8. The summed E-state index contributed by atoms with van der Waals surface area (Å²) in [6.45, 7) is 0. The molecule has 1 aliphatic heterocycles. The van der Waals surface area contributed by atoms with E-state index < -0.39 is 34.8 Å². The van der Waals surface area contributed by atoms with Crippen LogP contribution in [-0.2, 0) is 22.8 Å². The summed E-state index contributed by atoms with van der Waals surface area (Å²) >= 11 is 16.8. The van der Waals surface area contributed by atoms with Crippen LogP contribution in [0.15, 0.2) is 54.1 Å². The lowest BCUT2D eigenvalue weighted by atomic mass is 10.1. The molecule has 0 radical (unpaired) electrons. The first-order chi connectivity index (χ1) is 16.5. The molecule has 0 aliphatic carbocycles. The fourth-order valence-corrected chi connectivity index (χ4v) is 3.76. The number of aryl methyl sites for hydroxylation is 1. The van der Waals surface area contributed by atoms with Crippen LogP contribution in [0.25, 0.3) is 6.08 Å². The Balaban J connectivity index is 1.83. The zero-order chi connectivity index (χ0) is 25.5. The fourth-order valence-electron chi connectivity index (χ4n) is 3.23. The minimum absolute atomic E-state index is 0.161. The molecule has 0 bridgehead atoms. The van der Waals surface area contributed by atoms with Gasteiger partial charge in [0.2, 0.25) is 5.88 Å². The standard InChI is InChI=1S/C22H13Cl2F3N4O3S/c1-30-20(34-14-8-4-12(24)5-9-14)15(17(29-30)22(25,26)27)10-16-18(32)28-21(35)31(19(16)33)13-6-2-11(23)3-7-13/h2-10H,1H3,(H,28,32,35)/b16-10+.